The molecular formula is C6H15NOS. The number of hydroxylamine groups is 2. The van der Waals surface area contributed by atoms with Crippen molar-refractivity contribution < 1.29 is 4.84 Å². The molecule has 0 radical (unpaired) electrons. The average Bonchev–Trinajstić information content (AvgIpc) is 1.86. The Balaban J connectivity index is 3.80. The molecular weight excluding hydrogens is 134 g/mol. The van der Waals surface area contributed by atoms with Gasteiger partial charge in [-0.15, -0.1) is 11.8 Å². The molecule has 0 amide bonds. The summed E-state index contributed by atoms with van der Waals surface area (Å²) in [6.45, 7) is 4.22. The van der Waals surface area contributed by atoms with E-state index in [1.165, 1.54) is 0 Å². The molecule has 2 nitrogen and oxygen atoms in total. The molecule has 0 aliphatic carbocycles. The summed E-state index contributed by atoms with van der Waals surface area (Å²) in [4.78, 5) is 5.10. The first kappa shape index (κ1) is 9.27. The molecule has 0 fully saturated rings. The van der Waals surface area contributed by atoms with Gasteiger partial charge < -0.3 is 4.84 Å². The van der Waals surface area contributed by atoms with Crippen molar-refractivity contribution in [1.29, 1.82) is 0 Å². The number of rotatable bonds is 3. The van der Waals surface area contributed by atoms with E-state index in [0.29, 0.717) is 0 Å². The molecule has 0 heterocycles. The molecule has 0 aromatic carbocycles. The van der Waals surface area contributed by atoms with Crippen LogP contribution in [0.5, 0.6) is 0 Å². The molecule has 0 aliphatic rings. The summed E-state index contributed by atoms with van der Waals surface area (Å²) < 4.78 is 0. The van der Waals surface area contributed by atoms with Crippen LogP contribution in [0.4, 0.5) is 0 Å². The highest BCUT2D eigenvalue weighted by molar-refractivity contribution is 7.99. The van der Waals surface area contributed by atoms with E-state index in [2.05, 4.69) is 20.1 Å². The van der Waals surface area contributed by atoms with Crippen molar-refractivity contribution in [1.82, 2.24) is 5.06 Å². The van der Waals surface area contributed by atoms with Gasteiger partial charge in [0.1, 0.15) is 0 Å². The normalized spacial score (nSPS) is 12.7. The summed E-state index contributed by atoms with van der Waals surface area (Å²) >= 11 is 1.76. The molecule has 0 atom stereocenters. The van der Waals surface area contributed by atoms with Crippen molar-refractivity contribution in [3.8, 4) is 0 Å². The average molecular weight is 149 g/mol. The van der Waals surface area contributed by atoms with Crippen molar-refractivity contribution in [2.75, 3.05) is 20.4 Å². The number of nitrogens with zero attached hydrogens (tertiary/aromatic N) is 1. The van der Waals surface area contributed by atoms with Crippen LogP contribution in [0, 0.1) is 0 Å². The second-order valence-electron chi connectivity index (χ2n) is 2.33. The van der Waals surface area contributed by atoms with E-state index in [0.717, 1.165) is 0 Å². The zero-order valence-corrected chi connectivity index (χ0v) is 7.58. The summed E-state index contributed by atoms with van der Waals surface area (Å²) in [5, 5.41) is 1.83. The minimum absolute atomic E-state index is 0.0781. The Morgan fingerprint density at radius 1 is 1.44 bits per heavy atom. The fourth-order valence-corrected chi connectivity index (χ4v) is 0.680. The zero-order chi connectivity index (χ0) is 7.49. The SMILES string of the molecule is CON(C)C(C)(C)SC. The molecule has 0 saturated heterocycles. The number of hydrogen-bond donors (Lipinski definition) is 0. The highest BCUT2D eigenvalue weighted by Crippen LogP contribution is 2.23. The van der Waals surface area contributed by atoms with Gasteiger partial charge in [-0.1, -0.05) is 0 Å². The summed E-state index contributed by atoms with van der Waals surface area (Å²) in [5.41, 5.74) is 0. The predicted octanol–water partition coefficient (Wildman–Crippen LogP) is 1.58. The van der Waals surface area contributed by atoms with Gasteiger partial charge in [-0.2, -0.15) is 5.06 Å². The zero-order valence-electron chi connectivity index (χ0n) is 6.76. The minimum atomic E-state index is 0.0781. The van der Waals surface area contributed by atoms with Crippen LogP contribution in [0.15, 0.2) is 0 Å². The van der Waals surface area contributed by atoms with E-state index in [1.807, 2.05) is 12.1 Å². The molecule has 3 heteroatoms. The Morgan fingerprint density at radius 3 is 2.00 bits per heavy atom. The van der Waals surface area contributed by atoms with Crippen LogP contribution in [0.1, 0.15) is 13.8 Å². The lowest BCUT2D eigenvalue weighted by Gasteiger charge is -2.31. The molecule has 0 unspecified atom stereocenters. The van der Waals surface area contributed by atoms with Crippen molar-refractivity contribution >= 4 is 11.8 Å². The molecule has 56 valence electrons. The third-order valence-electron chi connectivity index (χ3n) is 1.53. The highest BCUT2D eigenvalue weighted by atomic mass is 32.2. The molecule has 0 aromatic heterocycles. The summed E-state index contributed by atoms with van der Waals surface area (Å²) in [7, 11) is 3.61. The molecule has 0 aliphatic heterocycles. The second-order valence-corrected chi connectivity index (χ2v) is 3.74. The van der Waals surface area contributed by atoms with Gasteiger partial charge in [-0.3, -0.25) is 0 Å². The maximum Gasteiger partial charge on any atom is 0.0850 e. The quantitative estimate of drug-likeness (QED) is 0.446. The maximum atomic E-state index is 5.02. The van der Waals surface area contributed by atoms with E-state index >= 15 is 0 Å². The summed E-state index contributed by atoms with van der Waals surface area (Å²) in [6, 6.07) is 0. The lowest BCUT2D eigenvalue weighted by Crippen LogP contribution is -2.36. The molecule has 0 aromatic rings. The third-order valence-corrected chi connectivity index (χ3v) is 2.79. The molecule has 0 N–H and O–H groups in total. The predicted molar refractivity (Wildman–Crippen MR) is 42.4 cm³/mol. The monoisotopic (exact) mass is 149 g/mol. The summed E-state index contributed by atoms with van der Waals surface area (Å²) in [5.74, 6) is 0. The van der Waals surface area contributed by atoms with Gasteiger partial charge in [0.25, 0.3) is 0 Å². The smallest absolute Gasteiger partial charge is 0.0850 e. The third kappa shape index (κ3) is 2.56. The summed E-state index contributed by atoms with van der Waals surface area (Å²) in [6.07, 6.45) is 2.06. The Bertz CT molecular complexity index is 85.1. The highest BCUT2D eigenvalue weighted by Gasteiger charge is 2.21. The molecule has 0 saturated carbocycles. The van der Waals surface area contributed by atoms with Gasteiger partial charge in [0.15, 0.2) is 0 Å². The minimum Gasteiger partial charge on any atom is -0.301 e. The van der Waals surface area contributed by atoms with Crippen molar-refractivity contribution in [3.05, 3.63) is 0 Å². The van der Waals surface area contributed by atoms with Gasteiger partial charge in [-0.25, -0.2) is 0 Å². The van der Waals surface area contributed by atoms with E-state index in [4.69, 9.17) is 4.84 Å². The van der Waals surface area contributed by atoms with Crippen molar-refractivity contribution in [2.45, 2.75) is 18.7 Å². The van der Waals surface area contributed by atoms with Crippen LogP contribution >= 0.6 is 11.8 Å². The largest absolute Gasteiger partial charge is 0.301 e. The molecule has 0 bridgehead atoms. The van der Waals surface area contributed by atoms with Crippen molar-refractivity contribution in [3.63, 3.8) is 0 Å². The lowest BCUT2D eigenvalue weighted by atomic mass is 10.4. The first-order chi connectivity index (χ1) is 4.04. The van der Waals surface area contributed by atoms with E-state index < -0.39 is 0 Å². The van der Waals surface area contributed by atoms with Gasteiger partial charge >= 0.3 is 0 Å². The van der Waals surface area contributed by atoms with Crippen LogP contribution in [0.3, 0.4) is 0 Å². The Hall–Kier alpha value is 0.270. The van der Waals surface area contributed by atoms with Crippen LogP contribution in [0.25, 0.3) is 0 Å². The Morgan fingerprint density at radius 2 is 1.89 bits per heavy atom. The van der Waals surface area contributed by atoms with Crippen LogP contribution in [0.2, 0.25) is 0 Å². The van der Waals surface area contributed by atoms with E-state index in [9.17, 15) is 0 Å². The van der Waals surface area contributed by atoms with E-state index in [1.54, 1.807) is 18.9 Å². The fourth-order valence-electron chi connectivity index (χ4n) is 0.348. The van der Waals surface area contributed by atoms with Gasteiger partial charge in [0.05, 0.1) is 12.0 Å². The Labute approximate surface area is 61.5 Å². The number of thioether (sulfide) groups is 1. The van der Waals surface area contributed by atoms with Crippen LogP contribution in [-0.4, -0.2) is 30.3 Å². The second kappa shape index (κ2) is 3.44. The first-order valence-electron chi connectivity index (χ1n) is 2.87. The van der Waals surface area contributed by atoms with Gasteiger partial charge in [-0.05, 0) is 20.1 Å². The standard InChI is InChI=1S/C6H15NOS/c1-6(2,9-5)7(3)8-4/h1-5H3. The topological polar surface area (TPSA) is 12.5 Å². The first-order valence-corrected chi connectivity index (χ1v) is 4.10. The van der Waals surface area contributed by atoms with Crippen LogP contribution < -0.4 is 0 Å². The van der Waals surface area contributed by atoms with Gasteiger partial charge in [0.2, 0.25) is 0 Å². The molecule has 9 heavy (non-hydrogen) atoms. The number of hydrogen-bond acceptors (Lipinski definition) is 3. The van der Waals surface area contributed by atoms with Gasteiger partial charge in [0, 0.05) is 7.05 Å². The fraction of sp³-hybridized carbons (Fsp3) is 1.00. The molecule has 0 spiro atoms. The van der Waals surface area contributed by atoms with E-state index in [-0.39, 0.29) is 4.87 Å². The molecule has 0 rings (SSSR count). The van der Waals surface area contributed by atoms with Crippen LogP contribution in [-0.2, 0) is 4.84 Å². The maximum absolute atomic E-state index is 5.02. The Kier molecular flexibility index (Phi) is 3.54. The van der Waals surface area contributed by atoms with Crippen molar-refractivity contribution in [2.24, 2.45) is 0 Å². The lowest BCUT2D eigenvalue weighted by molar-refractivity contribution is -0.142.